The zero-order valence-electron chi connectivity index (χ0n) is 9.00. The van der Waals surface area contributed by atoms with Gasteiger partial charge in [-0.05, 0) is 31.4 Å². The van der Waals surface area contributed by atoms with Crippen molar-refractivity contribution in [2.45, 2.75) is 25.3 Å². The summed E-state index contributed by atoms with van der Waals surface area (Å²) in [6, 6.07) is 4.96. The molecule has 1 aromatic carbocycles. The lowest BCUT2D eigenvalue weighted by Crippen LogP contribution is -2.27. The first kappa shape index (κ1) is 10.8. The van der Waals surface area contributed by atoms with Gasteiger partial charge in [0, 0.05) is 12.1 Å². The molecule has 1 aromatic rings. The molecule has 16 heavy (non-hydrogen) atoms. The molecule has 1 aliphatic carbocycles. The van der Waals surface area contributed by atoms with Gasteiger partial charge in [0.2, 0.25) is 0 Å². The van der Waals surface area contributed by atoms with Crippen LogP contribution >= 0.6 is 0 Å². The zero-order chi connectivity index (χ0) is 11.4. The summed E-state index contributed by atoms with van der Waals surface area (Å²) in [5, 5.41) is 3.32. The van der Waals surface area contributed by atoms with Crippen molar-refractivity contribution < 1.29 is 9.13 Å². The number of hydrogen-bond acceptors (Lipinski definition) is 2. The molecule has 1 aliphatic rings. The first-order valence-corrected chi connectivity index (χ1v) is 5.42. The van der Waals surface area contributed by atoms with Gasteiger partial charge >= 0.3 is 0 Å². The van der Waals surface area contributed by atoms with Gasteiger partial charge in [-0.3, -0.25) is 0 Å². The second-order valence-electron chi connectivity index (χ2n) is 3.91. The van der Waals surface area contributed by atoms with Crippen LogP contribution in [0, 0.1) is 18.2 Å². The van der Waals surface area contributed by atoms with Gasteiger partial charge in [-0.2, -0.15) is 0 Å². The molecule has 0 spiro atoms. The number of halogens is 1. The van der Waals surface area contributed by atoms with Crippen molar-refractivity contribution in [3.05, 3.63) is 24.0 Å². The second kappa shape index (κ2) is 4.89. The Balaban J connectivity index is 2.11. The number of nitrogens with one attached hydrogen (secondary N) is 1. The van der Waals surface area contributed by atoms with Crippen LogP contribution in [0.2, 0.25) is 0 Å². The van der Waals surface area contributed by atoms with Crippen LogP contribution < -0.4 is 10.1 Å². The molecule has 0 aromatic heterocycles. The van der Waals surface area contributed by atoms with Crippen molar-refractivity contribution in [1.29, 1.82) is 0 Å². The summed E-state index contributed by atoms with van der Waals surface area (Å²) in [6.45, 7) is 0.156. The molecule has 3 heteroatoms. The summed E-state index contributed by atoms with van der Waals surface area (Å²) in [5.74, 6) is 2.55. The number of benzene rings is 1. The van der Waals surface area contributed by atoms with Crippen molar-refractivity contribution in [3.8, 4) is 18.1 Å². The highest BCUT2D eigenvalue weighted by atomic mass is 19.1. The standard InChI is InChI=1S/C13H14FNO/c1-2-8-16-13-9-10(14)6-7-12(13)15-11-4-3-5-11/h1,6-7,9,11,15H,3-5,8H2. The van der Waals surface area contributed by atoms with E-state index in [1.165, 1.54) is 18.6 Å². The maximum Gasteiger partial charge on any atom is 0.148 e. The van der Waals surface area contributed by atoms with Crippen LogP contribution in [0.25, 0.3) is 0 Å². The van der Waals surface area contributed by atoms with Gasteiger partial charge in [-0.15, -0.1) is 6.42 Å². The Kier molecular flexibility index (Phi) is 3.31. The highest BCUT2D eigenvalue weighted by molar-refractivity contribution is 5.57. The third-order valence-corrected chi connectivity index (χ3v) is 2.72. The lowest BCUT2D eigenvalue weighted by Gasteiger charge is -2.28. The molecule has 0 bridgehead atoms. The SMILES string of the molecule is C#CCOc1cc(F)ccc1NC1CCC1. The molecular weight excluding hydrogens is 205 g/mol. The molecule has 2 nitrogen and oxygen atoms in total. The van der Waals surface area contributed by atoms with E-state index in [1.807, 2.05) is 0 Å². The predicted octanol–water partition coefficient (Wildman–Crippen LogP) is 2.80. The van der Waals surface area contributed by atoms with Crippen LogP contribution in [0.3, 0.4) is 0 Å². The monoisotopic (exact) mass is 219 g/mol. The maximum atomic E-state index is 13.0. The van der Waals surface area contributed by atoms with E-state index in [9.17, 15) is 4.39 Å². The number of ether oxygens (including phenoxy) is 1. The van der Waals surface area contributed by atoms with E-state index in [0.717, 1.165) is 18.5 Å². The highest BCUT2D eigenvalue weighted by Crippen LogP contribution is 2.30. The molecule has 1 fully saturated rings. The van der Waals surface area contributed by atoms with Gasteiger partial charge in [-0.1, -0.05) is 5.92 Å². The predicted molar refractivity (Wildman–Crippen MR) is 62.0 cm³/mol. The van der Waals surface area contributed by atoms with Crippen molar-refractivity contribution in [2.24, 2.45) is 0 Å². The van der Waals surface area contributed by atoms with Gasteiger partial charge in [-0.25, -0.2) is 4.39 Å². The van der Waals surface area contributed by atoms with Crippen molar-refractivity contribution in [1.82, 2.24) is 0 Å². The van der Waals surface area contributed by atoms with E-state index < -0.39 is 0 Å². The molecule has 0 atom stereocenters. The molecule has 0 unspecified atom stereocenters. The first-order chi connectivity index (χ1) is 7.79. The van der Waals surface area contributed by atoms with E-state index in [-0.39, 0.29) is 12.4 Å². The highest BCUT2D eigenvalue weighted by Gasteiger charge is 2.18. The average Bonchev–Trinajstić information content (AvgIpc) is 2.22. The molecule has 84 valence electrons. The summed E-state index contributed by atoms with van der Waals surface area (Å²) in [5.41, 5.74) is 0.821. The van der Waals surface area contributed by atoms with Gasteiger partial charge in [0.15, 0.2) is 0 Å². The fourth-order valence-electron chi connectivity index (χ4n) is 1.63. The second-order valence-corrected chi connectivity index (χ2v) is 3.91. The van der Waals surface area contributed by atoms with Crippen molar-refractivity contribution >= 4 is 5.69 Å². The smallest absolute Gasteiger partial charge is 0.148 e. The molecule has 2 rings (SSSR count). The minimum Gasteiger partial charge on any atom is -0.479 e. The molecule has 1 N–H and O–H groups in total. The fourth-order valence-corrected chi connectivity index (χ4v) is 1.63. The number of terminal acetylenes is 1. The van der Waals surface area contributed by atoms with E-state index in [2.05, 4.69) is 11.2 Å². The zero-order valence-corrected chi connectivity index (χ0v) is 9.00. The van der Waals surface area contributed by atoms with Gasteiger partial charge < -0.3 is 10.1 Å². The van der Waals surface area contributed by atoms with Crippen LogP contribution in [0.1, 0.15) is 19.3 Å². The Bertz CT molecular complexity index is 407. The summed E-state index contributed by atoms with van der Waals surface area (Å²) < 4.78 is 18.3. The van der Waals surface area contributed by atoms with Crippen LogP contribution in [0.4, 0.5) is 10.1 Å². The summed E-state index contributed by atoms with van der Waals surface area (Å²) in [7, 11) is 0. The molecule has 0 amide bonds. The van der Waals surface area contributed by atoms with E-state index >= 15 is 0 Å². The summed E-state index contributed by atoms with van der Waals surface area (Å²) >= 11 is 0. The van der Waals surface area contributed by atoms with Crippen molar-refractivity contribution in [2.75, 3.05) is 11.9 Å². The fraction of sp³-hybridized carbons (Fsp3) is 0.385. The first-order valence-electron chi connectivity index (χ1n) is 5.42. The molecule has 0 radical (unpaired) electrons. The molecule has 0 aliphatic heterocycles. The minimum absolute atomic E-state index is 0.156. The van der Waals surface area contributed by atoms with Crippen molar-refractivity contribution in [3.63, 3.8) is 0 Å². The normalized spacial score (nSPS) is 15.0. The van der Waals surface area contributed by atoms with Gasteiger partial charge in [0.25, 0.3) is 0 Å². The van der Waals surface area contributed by atoms with Crippen LogP contribution in [0.15, 0.2) is 18.2 Å². The minimum atomic E-state index is -0.314. The Morgan fingerprint density at radius 1 is 1.50 bits per heavy atom. The summed E-state index contributed by atoms with van der Waals surface area (Å²) in [6.07, 6.45) is 8.68. The number of anilines is 1. The molecule has 0 saturated heterocycles. The van der Waals surface area contributed by atoms with E-state index in [0.29, 0.717) is 11.8 Å². The lowest BCUT2D eigenvalue weighted by molar-refractivity contribution is 0.367. The lowest BCUT2D eigenvalue weighted by atomic mass is 9.93. The van der Waals surface area contributed by atoms with Gasteiger partial charge in [0.05, 0.1) is 5.69 Å². The summed E-state index contributed by atoms with van der Waals surface area (Å²) in [4.78, 5) is 0. The topological polar surface area (TPSA) is 21.3 Å². The third kappa shape index (κ3) is 2.46. The van der Waals surface area contributed by atoms with Crippen LogP contribution in [-0.2, 0) is 0 Å². The average molecular weight is 219 g/mol. The third-order valence-electron chi connectivity index (χ3n) is 2.72. The Morgan fingerprint density at radius 2 is 2.31 bits per heavy atom. The van der Waals surface area contributed by atoms with E-state index in [4.69, 9.17) is 11.2 Å². The van der Waals surface area contributed by atoms with E-state index in [1.54, 1.807) is 6.07 Å². The number of hydrogen-bond donors (Lipinski definition) is 1. The molecule has 1 saturated carbocycles. The molecule has 0 heterocycles. The Morgan fingerprint density at radius 3 is 2.94 bits per heavy atom. The quantitative estimate of drug-likeness (QED) is 0.786. The maximum absolute atomic E-state index is 13.0. The van der Waals surface area contributed by atoms with Crippen LogP contribution in [0.5, 0.6) is 5.75 Å². The number of rotatable bonds is 4. The Labute approximate surface area is 94.8 Å². The van der Waals surface area contributed by atoms with Crippen LogP contribution in [-0.4, -0.2) is 12.6 Å². The van der Waals surface area contributed by atoms with Gasteiger partial charge in [0.1, 0.15) is 18.2 Å². The molecular formula is C13H14FNO. The largest absolute Gasteiger partial charge is 0.479 e. The Hall–Kier alpha value is -1.69.